The molecule has 0 radical (unpaired) electrons. The maximum Gasteiger partial charge on any atom is 0.246 e. The van der Waals surface area contributed by atoms with Crippen LogP contribution in [0.15, 0.2) is 48.7 Å². The van der Waals surface area contributed by atoms with Gasteiger partial charge >= 0.3 is 0 Å². The fourth-order valence-electron chi connectivity index (χ4n) is 3.64. The molecule has 1 aliphatic heterocycles. The van der Waals surface area contributed by atoms with Gasteiger partial charge < -0.3 is 14.8 Å². The van der Waals surface area contributed by atoms with E-state index in [1.165, 1.54) is 0 Å². The van der Waals surface area contributed by atoms with Gasteiger partial charge in [-0.3, -0.25) is 14.9 Å². The molecule has 160 valence electrons. The first-order valence-electron chi connectivity index (χ1n) is 10.3. The predicted molar refractivity (Wildman–Crippen MR) is 122 cm³/mol. The van der Waals surface area contributed by atoms with Gasteiger partial charge in [-0.25, -0.2) is 4.98 Å². The number of carbonyl (C=O) groups is 2. The predicted octanol–water partition coefficient (Wildman–Crippen LogP) is 3.07. The van der Waals surface area contributed by atoms with Crippen LogP contribution in [0.25, 0.3) is 17.0 Å². The number of amides is 2. The Bertz CT molecular complexity index is 1190. The van der Waals surface area contributed by atoms with Crippen molar-refractivity contribution in [2.75, 3.05) is 12.4 Å². The highest BCUT2D eigenvalue weighted by atomic mass is 16.2. The lowest BCUT2D eigenvalue weighted by molar-refractivity contribution is -0.125. The van der Waals surface area contributed by atoms with E-state index in [9.17, 15) is 9.59 Å². The molecule has 0 aliphatic carbocycles. The minimum absolute atomic E-state index is 0.0900. The van der Waals surface area contributed by atoms with E-state index in [-0.39, 0.29) is 11.8 Å². The largest absolute Gasteiger partial charge is 0.346 e. The molecule has 0 atom stereocenters. The third-order valence-electron chi connectivity index (χ3n) is 5.75. The molecule has 4 rings (SSSR count). The Morgan fingerprint density at radius 2 is 2.06 bits per heavy atom. The summed E-state index contributed by atoms with van der Waals surface area (Å²) in [6.07, 6.45) is 4.97. The van der Waals surface area contributed by atoms with Crippen LogP contribution in [0.4, 0.5) is 5.82 Å². The Morgan fingerprint density at radius 3 is 2.84 bits per heavy atom. The van der Waals surface area contributed by atoms with E-state index < -0.39 is 5.54 Å². The Labute approximate surface area is 181 Å². The van der Waals surface area contributed by atoms with Crippen LogP contribution in [0.3, 0.4) is 0 Å². The van der Waals surface area contributed by atoms with E-state index in [2.05, 4.69) is 38.4 Å². The van der Waals surface area contributed by atoms with E-state index in [1.54, 1.807) is 30.3 Å². The lowest BCUT2D eigenvalue weighted by Crippen LogP contribution is -2.47. The van der Waals surface area contributed by atoms with Crippen molar-refractivity contribution in [3.05, 3.63) is 65.5 Å². The number of carbonyl (C=O) groups excluding carboxylic acids is 2. The maximum absolute atomic E-state index is 12.7. The monoisotopic (exact) mass is 417 g/mol. The van der Waals surface area contributed by atoms with Crippen molar-refractivity contribution in [3.63, 3.8) is 0 Å². The lowest BCUT2D eigenvalue weighted by atomic mass is 10.1. The highest BCUT2D eigenvalue weighted by Crippen LogP contribution is 2.22. The van der Waals surface area contributed by atoms with E-state index >= 15 is 0 Å². The lowest BCUT2D eigenvalue weighted by Gasteiger charge is -2.21. The average Bonchev–Trinajstić information content (AvgIpc) is 3.00. The van der Waals surface area contributed by atoms with Crippen molar-refractivity contribution in [2.24, 2.45) is 7.05 Å². The van der Waals surface area contributed by atoms with E-state index in [0.717, 1.165) is 27.7 Å². The summed E-state index contributed by atoms with van der Waals surface area (Å²) in [5.41, 5.74) is 3.24. The number of para-hydroxylation sites is 1. The van der Waals surface area contributed by atoms with Gasteiger partial charge in [0.2, 0.25) is 11.8 Å². The summed E-state index contributed by atoms with van der Waals surface area (Å²) in [5, 5.41) is 7.24. The molecule has 3 aromatic rings. The number of nitrogens with one attached hydrogen (secondary N) is 2. The van der Waals surface area contributed by atoms with Crippen LogP contribution in [-0.4, -0.2) is 38.9 Å². The van der Waals surface area contributed by atoms with Crippen molar-refractivity contribution in [3.8, 4) is 0 Å². The number of fused-ring (bicyclic) bond motifs is 2. The summed E-state index contributed by atoms with van der Waals surface area (Å²) in [7, 11) is 3.81. The van der Waals surface area contributed by atoms with Crippen LogP contribution in [0.1, 0.15) is 30.7 Å². The molecule has 0 saturated heterocycles. The quantitative estimate of drug-likeness (QED) is 0.640. The summed E-state index contributed by atoms with van der Waals surface area (Å²) in [4.78, 5) is 30.9. The first kappa shape index (κ1) is 20.8. The molecule has 0 bridgehead atoms. The molecule has 1 aliphatic rings. The van der Waals surface area contributed by atoms with Crippen LogP contribution in [0, 0.1) is 0 Å². The van der Waals surface area contributed by atoms with Gasteiger partial charge in [-0.05, 0) is 49.1 Å². The summed E-state index contributed by atoms with van der Waals surface area (Å²) < 4.78 is 2.11. The molecule has 0 spiro atoms. The molecular formula is C24H27N5O2. The van der Waals surface area contributed by atoms with Crippen molar-refractivity contribution >= 4 is 34.6 Å². The highest BCUT2D eigenvalue weighted by Gasteiger charge is 2.30. The molecule has 31 heavy (non-hydrogen) atoms. The minimum atomic E-state index is -0.670. The van der Waals surface area contributed by atoms with E-state index in [0.29, 0.717) is 18.9 Å². The molecule has 3 heterocycles. The number of aromatic nitrogens is 2. The fraction of sp³-hybridized carbons (Fsp3) is 0.292. The second-order valence-electron chi connectivity index (χ2n) is 8.49. The summed E-state index contributed by atoms with van der Waals surface area (Å²) in [5.74, 6) is 0.347. The molecule has 1 aromatic carbocycles. The molecule has 0 saturated carbocycles. The van der Waals surface area contributed by atoms with Crippen LogP contribution in [0.2, 0.25) is 0 Å². The Kier molecular flexibility index (Phi) is 5.37. The third kappa shape index (κ3) is 4.22. The van der Waals surface area contributed by atoms with E-state index in [1.807, 2.05) is 39.1 Å². The SMILES string of the molecule is CN(Cc1cc2ccccc2n1C)C(=O)/C=C/c1cnc2c(c1)CNC(C)(C)C(=O)N2. The number of anilines is 1. The number of aryl methyl sites for hydroxylation is 1. The number of hydrogen-bond donors (Lipinski definition) is 2. The van der Waals surface area contributed by atoms with Gasteiger partial charge in [-0.15, -0.1) is 0 Å². The zero-order valence-electron chi connectivity index (χ0n) is 18.3. The Morgan fingerprint density at radius 1 is 1.29 bits per heavy atom. The van der Waals surface area contributed by atoms with Gasteiger partial charge in [0.1, 0.15) is 5.82 Å². The number of likely N-dealkylation sites (N-methyl/N-ethyl adjacent to an activating group) is 1. The smallest absolute Gasteiger partial charge is 0.246 e. The van der Waals surface area contributed by atoms with Gasteiger partial charge in [-0.2, -0.15) is 0 Å². The number of nitrogens with zero attached hydrogens (tertiary/aromatic N) is 3. The normalized spacial score (nSPS) is 15.5. The summed E-state index contributed by atoms with van der Waals surface area (Å²) >= 11 is 0. The van der Waals surface area contributed by atoms with Gasteiger partial charge in [0.05, 0.1) is 12.1 Å². The van der Waals surface area contributed by atoms with Crippen molar-refractivity contribution in [2.45, 2.75) is 32.5 Å². The zero-order chi connectivity index (χ0) is 22.2. The van der Waals surface area contributed by atoms with E-state index in [4.69, 9.17) is 0 Å². The topological polar surface area (TPSA) is 79.3 Å². The molecular weight excluding hydrogens is 390 g/mol. The number of rotatable bonds is 4. The molecule has 2 aromatic heterocycles. The van der Waals surface area contributed by atoms with Gasteiger partial charge in [-0.1, -0.05) is 18.2 Å². The van der Waals surface area contributed by atoms with Crippen molar-refractivity contribution in [1.29, 1.82) is 0 Å². The number of hydrogen-bond acceptors (Lipinski definition) is 4. The molecule has 7 nitrogen and oxygen atoms in total. The first-order valence-corrected chi connectivity index (χ1v) is 10.3. The summed E-state index contributed by atoms with van der Waals surface area (Å²) in [6, 6.07) is 12.2. The van der Waals surface area contributed by atoms with Crippen LogP contribution in [-0.2, 0) is 29.7 Å². The molecule has 2 amide bonds. The van der Waals surface area contributed by atoms with Gasteiger partial charge in [0, 0.05) is 49.7 Å². The zero-order valence-corrected chi connectivity index (χ0v) is 18.3. The second-order valence-corrected chi connectivity index (χ2v) is 8.49. The van der Waals surface area contributed by atoms with Crippen LogP contribution >= 0.6 is 0 Å². The maximum atomic E-state index is 12.7. The Hall–Kier alpha value is -3.45. The fourth-order valence-corrected chi connectivity index (χ4v) is 3.64. The number of pyridine rings is 1. The first-order chi connectivity index (χ1) is 14.7. The third-order valence-corrected chi connectivity index (χ3v) is 5.75. The standard InChI is InChI=1S/C24H27N5O2/c1-24(2)23(31)27-22-18(14-26-24)11-16(13-25-22)9-10-21(30)28(3)15-19-12-17-7-5-6-8-20(17)29(19)4/h5-13,26H,14-15H2,1-4H3,(H,25,27,31)/b10-9+. The molecule has 0 unspecified atom stereocenters. The van der Waals surface area contributed by atoms with Crippen molar-refractivity contribution < 1.29 is 9.59 Å². The van der Waals surface area contributed by atoms with Crippen LogP contribution < -0.4 is 10.6 Å². The van der Waals surface area contributed by atoms with Gasteiger partial charge in [0.15, 0.2) is 0 Å². The van der Waals surface area contributed by atoms with Crippen molar-refractivity contribution in [1.82, 2.24) is 19.8 Å². The number of benzene rings is 1. The minimum Gasteiger partial charge on any atom is -0.346 e. The average molecular weight is 418 g/mol. The van der Waals surface area contributed by atoms with Crippen LogP contribution in [0.5, 0.6) is 0 Å². The molecule has 7 heteroatoms. The Balaban J connectivity index is 1.46. The van der Waals surface area contributed by atoms with Gasteiger partial charge in [0.25, 0.3) is 0 Å². The molecule has 0 fully saturated rings. The summed E-state index contributed by atoms with van der Waals surface area (Å²) in [6.45, 7) is 4.70. The second kappa shape index (κ2) is 8.00. The molecule has 2 N–H and O–H groups in total. The highest BCUT2D eigenvalue weighted by molar-refractivity contribution is 5.98.